The number of likely N-dealkylation sites (tertiary alicyclic amines) is 1. The van der Waals surface area contributed by atoms with Gasteiger partial charge in [0, 0.05) is 18.6 Å². The maximum Gasteiger partial charge on any atom is 0.0583 e. The molecule has 3 unspecified atom stereocenters. The van der Waals surface area contributed by atoms with Crippen LogP contribution in [0.4, 0.5) is 0 Å². The van der Waals surface area contributed by atoms with Crippen LogP contribution >= 0.6 is 0 Å². The van der Waals surface area contributed by atoms with E-state index in [1.54, 1.807) is 0 Å². The molecule has 0 aromatic carbocycles. The zero-order valence-electron chi connectivity index (χ0n) is 10.1. The molecule has 0 aromatic heterocycles. The first kappa shape index (κ1) is 12.3. The average molecular weight is 227 g/mol. The summed E-state index contributed by atoms with van der Waals surface area (Å²) >= 11 is 0. The van der Waals surface area contributed by atoms with Crippen LogP contribution in [0.1, 0.15) is 44.9 Å². The van der Waals surface area contributed by atoms with Gasteiger partial charge in [0.05, 0.1) is 6.10 Å². The van der Waals surface area contributed by atoms with E-state index in [9.17, 15) is 5.11 Å². The van der Waals surface area contributed by atoms with Gasteiger partial charge >= 0.3 is 0 Å². The highest BCUT2D eigenvalue weighted by atomic mass is 16.3. The van der Waals surface area contributed by atoms with Gasteiger partial charge in [0.25, 0.3) is 0 Å². The molecule has 1 aliphatic carbocycles. The first-order chi connectivity index (χ1) is 7.83. The van der Waals surface area contributed by atoms with Gasteiger partial charge in [-0.2, -0.15) is 0 Å². The highest BCUT2D eigenvalue weighted by molar-refractivity contribution is 4.91. The summed E-state index contributed by atoms with van der Waals surface area (Å²) in [5.41, 5.74) is 0. The second kappa shape index (κ2) is 5.99. The van der Waals surface area contributed by atoms with Crippen molar-refractivity contribution in [2.24, 2.45) is 5.92 Å². The summed E-state index contributed by atoms with van der Waals surface area (Å²) in [4.78, 5) is 2.55. The van der Waals surface area contributed by atoms with Crippen LogP contribution in [-0.2, 0) is 0 Å². The summed E-state index contributed by atoms with van der Waals surface area (Å²) < 4.78 is 0. The van der Waals surface area contributed by atoms with E-state index in [1.165, 1.54) is 32.2 Å². The predicted octanol–water partition coefficient (Wildman–Crippen LogP) is 1.38. The number of hydrogen-bond acceptors (Lipinski definition) is 3. The molecule has 1 saturated heterocycles. The molecule has 2 aliphatic rings. The Bertz CT molecular complexity index is 210. The molecule has 0 aromatic rings. The summed E-state index contributed by atoms with van der Waals surface area (Å²) in [5, 5.41) is 18.8. The Kier molecular flexibility index (Phi) is 4.62. The van der Waals surface area contributed by atoms with Crippen LogP contribution in [0, 0.1) is 5.92 Å². The maximum absolute atomic E-state index is 9.97. The Balaban J connectivity index is 1.82. The smallest absolute Gasteiger partial charge is 0.0583 e. The minimum atomic E-state index is -0.0524. The first-order valence-corrected chi connectivity index (χ1v) is 6.86. The first-order valence-electron chi connectivity index (χ1n) is 6.86. The molecular formula is C13H25NO2. The highest BCUT2D eigenvalue weighted by Crippen LogP contribution is 2.35. The third kappa shape index (κ3) is 2.76. The van der Waals surface area contributed by atoms with Crippen LogP contribution in [0.15, 0.2) is 0 Å². The van der Waals surface area contributed by atoms with Gasteiger partial charge in [-0.15, -0.1) is 0 Å². The summed E-state index contributed by atoms with van der Waals surface area (Å²) in [5.74, 6) is 0.525. The summed E-state index contributed by atoms with van der Waals surface area (Å²) in [6, 6.07) is 0.621. The molecule has 94 valence electrons. The van der Waals surface area contributed by atoms with Crippen molar-refractivity contribution in [1.29, 1.82) is 0 Å². The summed E-state index contributed by atoms with van der Waals surface area (Å²) in [6.45, 7) is 2.61. The molecule has 3 heteroatoms. The molecule has 3 atom stereocenters. The number of aliphatic hydroxyl groups excluding tert-OH is 2. The van der Waals surface area contributed by atoms with Crippen LogP contribution in [-0.4, -0.2) is 47.0 Å². The summed E-state index contributed by atoms with van der Waals surface area (Å²) in [6.07, 6.45) is 7.92. The van der Waals surface area contributed by atoms with Crippen LogP contribution < -0.4 is 0 Å². The second-order valence-electron chi connectivity index (χ2n) is 5.34. The van der Waals surface area contributed by atoms with Crippen molar-refractivity contribution in [3.8, 4) is 0 Å². The molecule has 0 radical (unpaired) electrons. The van der Waals surface area contributed by atoms with E-state index in [0.717, 1.165) is 25.8 Å². The lowest BCUT2D eigenvalue weighted by Gasteiger charge is -2.31. The standard InChI is InChI=1S/C13H25NO2/c15-10-2-1-8-14-9-4-6-12(14)11-5-3-7-13(11)16/h11-13,15-16H,1-10H2. The SMILES string of the molecule is OCCCCN1CCCC1C1CCCC1O. The van der Waals surface area contributed by atoms with Gasteiger partial charge in [0.2, 0.25) is 0 Å². The van der Waals surface area contributed by atoms with Gasteiger partial charge in [-0.25, -0.2) is 0 Å². The minimum absolute atomic E-state index is 0.0524. The monoisotopic (exact) mass is 227 g/mol. The van der Waals surface area contributed by atoms with E-state index in [-0.39, 0.29) is 6.10 Å². The molecule has 1 aliphatic heterocycles. The fourth-order valence-corrected chi connectivity index (χ4v) is 3.46. The van der Waals surface area contributed by atoms with Crippen LogP contribution in [0.5, 0.6) is 0 Å². The van der Waals surface area contributed by atoms with Crippen molar-refractivity contribution < 1.29 is 10.2 Å². The van der Waals surface area contributed by atoms with E-state index in [1.807, 2.05) is 0 Å². The van der Waals surface area contributed by atoms with Gasteiger partial charge in [-0.05, 0) is 51.6 Å². The largest absolute Gasteiger partial charge is 0.396 e. The lowest BCUT2D eigenvalue weighted by molar-refractivity contribution is 0.0734. The average Bonchev–Trinajstić information content (AvgIpc) is 2.87. The lowest BCUT2D eigenvalue weighted by atomic mass is 9.94. The third-order valence-corrected chi connectivity index (χ3v) is 4.29. The molecule has 0 bridgehead atoms. The number of aliphatic hydroxyl groups is 2. The molecule has 1 heterocycles. The Morgan fingerprint density at radius 2 is 1.94 bits per heavy atom. The Hall–Kier alpha value is -0.120. The topological polar surface area (TPSA) is 43.7 Å². The number of unbranched alkanes of at least 4 members (excludes halogenated alkanes) is 1. The predicted molar refractivity (Wildman–Crippen MR) is 64.3 cm³/mol. The van der Waals surface area contributed by atoms with Gasteiger partial charge in [0.15, 0.2) is 0 Å². The van der Waals surface area contributed by atoms with Gasteiger partial charge in [-0.3, -0.25) is 0 Å². The zero-order chi connectivity index (χ0) is 11.4. The molecule has 0 amide bonds. The summed E-state index contributed by atoms with van der Waals surface area (Å²) in [7, 11) is 0. The van der Waals surface area contributed by atoms with Crippen molar-refractivity contribution in [3.05, 3.63) is 0 Å². The van der Waals surface area contributed by atoms with Gasteiger partial charge in [-0.1, -0.05) is 6.42 Å². The van der Waals surface area contributed by atoms with E-state index < -0.39 is 0 Å². The Morgan fingerprint density at radius 3 is 2.62 bits per heavy atom. The van der Waals surface area contributed by atoms with Crippen LogP contribution in [0.25, 0.3) is 0 Å². The second-order valence-corrected chi connectivity index (χ2v) is 5.34. The number of nitrogens with zero attached hydrogens (tertiary/aromatic N) is 1. The zero-order valence-corrected chi connectivity index (χ0v) is 10.1. The van der Waals surface area contributed by atoms with E-state index in [4.69, 9.17) is 5.11 Å². The van der Waals surface area contributed by atoms with Crippen LogP contribution in [0.3, 0.4) is 0 Å². The lowest BCUT2D eigenvalue weighted by Crippen LogP contribution is -2.39. The Labute approximate surface area is 98.5 Å². The van der Waals surface area contributed by atoms with Crippen molar-refractivity contribution in [3.63, 3.8) is 0 Å². The van der Waals surface area contributed by atoms with E-state index in [0.29, 0.717) is 18.6 Å². The van der Waals surface area contributed by atoms with Crippen molar-refractivity contribution in [1.82, 2.24) is 4.90 Å². The van der Waals surface area contributed by atoms with Gasteiger partial charge < -0.3 is 15.1 Å². The van der Waals surface area contributed by atoms with Crippen molar-refractivity contribution >= 4 is 0 Å². The molecule has 3 nitrogen and oxygen atoms in total. The fraction of sp³-hybridized carbons (Fsp3) is 1.00. The van der Waals surface area contributed by atoms with E-state index in [2.05, 4.69) is 4.90 Å². The molecular weight excluding hydrogens is 202 g/mol. The molecule has 1 saturated carbocycles. The Morgan fingerprint density at radius 1 is 1.06 bits per heavy atom. The quantitative estimate of drug-likeness (QED) is 0.697. The molecule has 2 fully saturated rings. The molecule has 16 heavy (non-hydrogen) atoms. The molecule has 2 rings (SSSR count). The van der Waals surface area contributed by atoms with Gasteiger partial charge in [0.1, 0.15) is 0 Å². The normalized spacial score (nSPS) is 36.0. The maximum atomic E-state index is 9.97. The third-order valence-electron chi connectivity index (χ3n) is 4.29. The molecule has 2 N–H and O–H groups in total. The van der Waals surface area contributed by atoms with E-state index >= 15 is 0 Å². The molecule has 0 spiro atoms. The highest BCUT2D eigenvalue weighted by Gasteiger charge is 2.37. The van der Waals surface area contributed by atoms with Crippen molar-refractivity contribution in [2.45, 2.75) is 57.1 Å². The number of rotatable bonds is 5. The van der Waals surface area contributed by atoms with Crippen LogP contribution in [0.2, 0.25) is 0 Å². The minimum Gasteiger partial charge on any atom is -0.396 e. The number of hydrogen-bond donors (Lipinski definition) is 2. The van der Waals surface area contributed by atoms with Crippen molar-refractivity contribution in [2.75, 3.05) is 19.7 Å². The fourth-order valence-electron chi connectivity index (χ4n) is 3.46.